The Kier molecular flexibility index (Phi) is 3.88. The Morgan fingerprint density at radius 3 is 2.88 bits per heavy atom. The molecule has 0 aliphatic heterocycles. The smallest absolute Gasteiger partial charge is 0.143 e. The minimum absolute atomic E-state index is 0.574. The van der Waals surface area contributed by atoms with Crippen LogP contribution in [0.4, 0.5) is 5.82 Å². The first-order valence-electron chi connectivity index (χ1n) is 5.34. The predicted molar refractivity (Wildman–Crippen MR) is 65.5 cm³/mol. The molecule has 0 saturated carbocycles. The fraction of sp³-hybridized carbons (Fsp3) is 0.167. The summed E-state index contributed by atoms with van der Waals surface area (Å²) in [4.78, 5) is 8.21. The van der Waals surface area contributed by atoms with Crippen molar-refractivity contribution in [3.8, 4) is 5.75 Å². The van der Waals surface area contributed by atoms with Gasteiger partial charge in [-0.05, 0) is 18.2 Å². The Hall–Kier alpha value is -2.14. The summed E-state index contributed by atoms with van der Waals surface area (Å²) in [5.74, 6) is 6.58. The second kappa shape index (κ2) is 5.81. The second-order valence-electron chi connectivity index (χ2n) is 3.44. The lowest BCUT2D eigenvalue weighted by Crippen LogP contribution is -2.09. The molecule has 0 fully saturated rings. The van der Waals surface area contributed by atoms with Crippen molar-refractivity contribution in [3.63, 3.8) is 0 Å². The van der Waals surface area contributed by atoms with E-state index in [1.807, 2.05) is 18.2 Å². The van der Waals surface area contributed by atoms with Gasteiger partial charge in [0.25, 0.3) is 0 Å². The first-order valence-corrected chi connectivity index (χ1v) is 5.34. The summed E-state index contributed by atoms with van der Waals surface area (Å²) in [5, 5.41) is 0. The number of aromatic nitrogens is 2. The number of nitrogens with two attached hydrogens (primary N) is 1. The molecule has 0 aromatic carbocycles. The summed E-state index contributed by atoms with van der Waals surface area (Å²) in [7, 11) is 0. The van der Waals surface area contributed by atoms with Crippen molar-refractivity contribution >= 4 is 5.82 Å². The van der Waals surface area contributed by atoms with Crippen LogP contribution < -0.4 is 16.0 Å². The van der Waals surface area contributed by atoms with Gasteiger partial charge < -0.3 is 10.2 Å². The molecule has 0 amide bonds. The number of hydrogen-bond acceptors (Lipinski definition) is 5. The molecule has 0 aliphatic rings. The molecule has 0 spiro atoms. The molecule has 0 atom stereocenters. The summed E-state index contributed by atoms with van der Waals surface area (Å²) in [6.45, 7) is 0.574. The van der Waals surface area contributed by atoms with Gasteiger partial charge in [-0.1, -0.05) is 6.07 Å². The van der Waals surface area contributed by atoms with E-state index >= 15 is 0 Å². The van der Waals surface area contributed by atoms with Crippen LogP contribution in [-0.4, -0.2) is 16.6 Å². The maximum absolute atomic E-state index is 5.58. The summed E-state index contributed by atoms with van der Waals surface area (Å²) in [6.07, 6.45) is 4.19. The van der Waals surface area contributed by atoms with Gasteiger partial charge in [-0.25, -0.2) is 10.8 Å². The van der Waals surface area contributed by atoms with E-state index in [1.54, 1.807) is 24.5 Å². The number of nitrogens with zero attached hydrogens (tertiary/aromatic N) is 2. The number of pyridine rings is 2. The Morgan fingerprint density at radius 1 is 1.18 bits per heavy atom. The van der Waals surface area contributed by atoms with Crippen molar-refractivity contribution < 1.29 is 4.74 Å². The van der Waals surface area contributed by atoms with Gasteiger partial charge in [0, 0.05) is 30.6 Å². The Labute approximate surface area is 99.6 Å². The zero-order chi connectivity index (χ0) is 11.9. The Morgan fingerprint density at radius 2 is 2.12 bits per heavy atom. The van der Waals surface area contributed by atoms with Crippen LogP contribution in [0.15, 0.2) is 42.7 Å². The van der Waals surface area contributed by atoms with E-state index in [9.17, 15) is 0 Å². The highest BCUT2D eigenvalue weighted by Crippen LogP contribution is 2.13. The van der Waals surface area contributed by atoms with Crippen LogP contribution in [0.3, 0.4) is 0 Å². The van der Waals surface area contributed by atoms with Crippen LogP contribution in [0.25, 0.3) is 0 Å². The molecule has 0 aliphatic carbocycles. The molecule has 0 unspecified atom stereocenters. The summed E-state index contributed by atoms with van der Waals surface area (Å²) < 4.78 is 5.58. The molecular weight excluding hydrogens is 216 g/mol. The quantitative estimate of drug-likeness (QED) is 0.599. The summed E-state index contributed by atoms with van der Waals surface area (Å²) in [6, 6.07) is 9.37. The lowest BCUT2D eigenvalue weighted by atomic mass is 10.3. The lowest BCUT2D eigenvalue weighted by molar-refractivity contribution is 0.320. The van der Waals surface area contributed by atoms with Gasteiger partial charge in [0.05, 0.1) is 6.61 Å². The van der Waals surface area contributed by atoms with Crippen LogP contribution in [0.5, 0.6) is 5.75 Å². The molecule has 88 valence electrons. The maximum atomic E-state index is 5.58. The van der Waals surface area contributed by atoms with E-state index in [1.165, 1.54) is 0 Å². The molecular formula is C12H14N4O. The lowest BCUT2D eigenvalue weighted by Gasteiger charge is -2.06. The third-order valence-corrected chi connectivity index (χ3v) is 2.23. The molecule has 2 aromatic rings. The second-order valence-corrected chi connectivity index (χ2v) is 3.44. The largest absolute Gasteiger partial charge is 0.493 e. The highest BCUT2D eigenvalue weighted by Gasteiger charge is 1.98. The molecule has 2 aromatic heterocycles. The van der Waals surface area contributed by atoms with Gasteiger partial charge >= 0.3 is 0 Å². The van der Waals surface area contributed by atoms with Crippen LogP contribution >= 0.6 is 0 Å². The SMILES string of the molecule is NNc1cc(OCCc2ccccn2)ccn1. The topological polar surface area (TPSA) is 73.1 Å². The Balaban J connectivity index is 1.86. The van der Waals surface area contributed by atoms with Crippen molar-refractivity contribution in [1.82, 2.24) is 9.97 Å². The van der Waals surface area contributed by atoms with Crippen LogP contribution in [-0.2, 0) is 6.42 Å². The average Bonchev–Trinajstić information content (AvgIpc) is 2.40. The van der Waals surface area contributed by atoms with Gasteiger partial charge in [-0.2, -0.15) is 0 Å². The summed E-state index contributed by atoms with van der Waals surface area (Å²) in [5.41, 5.74) is 3.48. The standard InChI is InChI=1S/C12H14N4O/c13-16-12-9-11(4-7-15-12)17-8-5-10-3-1-2-6-14-10/h1-4,6-7,9H,5,8,13H2,(H,15,16). The average molecular weight is 230 g/mol. The van der Waals surface area contributed by atoms with Gasteiger partial charge in [0.15, 0.2) is 0 Å². The first-order chi connectivity index (χ1) is 8.38. The molecule has 5 nitrogen and oxygen atoms in total. The van der Waals surface area contributed by atoms with E-state index in [0.29, 0.717) is 12.4 Å². The number of ether oxygens (including phenoxy) is 1. The fourth-order valence-electron chi connectivity index (χ4n) is 1.40. The van der Waals surface area contributed by atoms with Crippen molar-refractivity contribution in [2.24, 2.45) is 5.84 Å². The molecule has 17 heavy (non-hydrogen) atoms. The predicted octanol–water partition coefficient (Wildman–Crippen LogP) is 1.38. The Bertz CT molecular complexity index is 461. The number of rotatable bonds is 5. The molecule has 5 heteroatoms. The van der Waals surface area contributed by atoms with Gasteiger partial charge in [-0.15, -0.1) is 0 Å². The maximum Gasteiger partial charge on any atom is 0.143 e. The molecule has 3 N–H and O–H groups in total. The molecule has 2 rings (SSSR count). The monoisotopic (exact) mass is 230 g/mol. The van der Waals surface area contributed by atoms with Crippen LogP contribution in [0.2, 0.25) is 0 Å². The van der Waals surface area contributed by atoms with E-state index in [4.69, 9.17) is 10.6 Å². The van der Waals surface area contributed by atoms with Crippen molar-refractivity contribution in [3.05, 3.63) is 48.4 Å². The highest BCUT2D eigenvalue weighted by molar-refractivity contribution is 5.39. The van der Waals surface area contributed by atoms with E-state index < -0.39 is 0 Å². The third kappa shape index (κ3) is 3.42. The van der Waals surface area contributed by atoms with Crippen molar-refractivity contribution in [1.29, 1.82) is 0 Å². The van der Waals surface area contributed by atoms with Crippen molar-refractivity contribution in [2.45, 2.75) is 6.42 Å². The molecule has 0 saturated heterocycles. The van der Waals surface area contributed by atoms with Crippen LogP contribution in [0.1, 0.15) is 5.69 Å². The highest BCUT2D eigenvalue weighted by atomic mass is 16.5. The number of hydrazine groups is 1. The third-order valence-electron chi connectivity index (χ3n) is 2.23. The minimum atomic E-state index is 0.574. The van der Waals surface area contributed by atoms with E-state index in [2.05, 4.69) is 15.4 Å². The van der Waals surface area contributed by atoms with Gasteiger partial charge in [-0.3, -0.25) is 4.98 Å². The van der Waals surface area contributed by atoms with E-state index in [-0.39, 0.29) is 0 Å². The van der Waals surface area contributed by atoms with Gasteiger partial charge in [0.1, 0.15) is 11.6 Å². The molecule has 0 radical (unpaired) electrons. The number of hydrogen-bond donors (Lipinski definition) is 2. The first kappa shape index (κ1) is 11.3. The normalized spacial score (nSPS) is 9.94. The number of nitrogen functional groups attached to an aromatic ring is 1. The molecule has 2 heterocycles. The molecule has 0 bridgehead atoms. The zero-order valence-corrected chi connectivity index (χ0v) is 9.34. The minimum Gasteiger partial charge on any atom is -0.493 e. The zero-order valence-electron chi connectivity index (χ0n) is 9.34. The number of nitrogens with one attached hydrogen (secondary N) is 1. The summed E-state index contributed by atoms with van der Waals surface area (Å²) >= 11 is 0. The van der Waals surface area contributed by atoms with Crippen LogP contribution in [0, 0.1) is 0 Å². The number of anilines is 1. The fourth-order valence-corrected chi connectivity index (χ4v) is 1.40. The van der Waals surface area contributed by atoms with Gasteiger partial charge in [0.2, 0.25) is 0 Å². The van der Waals surface area contributed by atoms with E-state index in [0.717, 1.165) is 17.9 Å². The van der Waals surface area contributed by atoms with Crippen molar-refractivity contribution in [2.75, 3.05) is 12.0 Å².